The Hall–Kier alpha value is -3.49. The first-order valence-electron chi connectivity index (χ1n) is 14.7. The number of carbonyl (C=O) groups is 1. The predicted molar refractivity (Wildman–Crippen MR) is 164 cm³/mol. The molecule has 0 saturated heterocycles. The highest BCUT2D eigenvalue weighted by atomic mass is 35.5. The molecular formula is C34H38ClF2N3O3. The number of rotatable bonds is 11. The molecule has 1 aliphatic heterocycles. The molecule has 9 heteroatoms. The maximum absolute atomic E-state index is 14.3. The van der Waals surface area contributed by atoms with Gasteiger partial charge in [-0.2, -0.15) is 0 Å². The van der Waals surface area contributed by atoms with E-state index in [0.717, 1.165) is 64.9 Å². The molecule has 0 bridgehead atoms. The van der Waals surface area contributed by atoms with Crippen LogP contribution in [0.3, 0.4) is 0 Å². The summed E-state index contributed by atoms with van der Waals surface area (Å²) in [6, 6.07) is 12.5. The zero-order valence-electron chi connectivity index (χ0n) is 25.1. The Morgan fingerprint density at radius 1 is 1.12 bits per heavy atom. The largest absolute Gasteiger partial charge is 0.489 e. The standard InChI is InChI=1S/C34H38ClF2N3O3/c1-21-24(15-16-39-32(21)42-4)19-40(25-11-12-25)33(41)26-18-38-20-34(2,3)29(26)23-9-7-22(8-10-23)6-5-17-43-31-28(37)14-13-27(36)30(31)35/h7-10,13-16,25,38H,5-6,11-12,17-20H2,1-4H3. The van der Waals surface area contributed by atoms with Gasteiger partial charge < -0.3 is 19.7 Å². The van der Waals surface area contributed by atoms with Crippen molar-refractivity contribution in [1.82, 2.24) is 15.2 Å². The third kappa shape index (κ3) is 6.86. The molecule has 2 heterocycles. The van der Waals surface area contributed by atoms with E-state index in [0.29, 0.717) is 31.8 Å². The molecule has 228 valence electrons. The van der Waals surface area contributed by atoms with Crippen LogP contribution in [0, 0.1) is 24.0 Å². The molecular weight excluding hydrogens is 572 g/mol. The fraction of sp³-hybridized carbons (Fsp3) is 0.412. The normalized spacial score (nSPS) is 16.3. The number of carbonyl (C=O) groups excluding carboxylic acids is 1. The molecule has 6 nitrogen and oxygen atoms in total. The highest BCUT2D eigenvalue weighted by Gasteiger charge is 2.39. The van der Waals surface area contributed by atoms with Gasteiger partial charge in [0.15, 0.2) is 11.6 Å². The van der Waals surface area contributed by atoms with Gasteiger partial charge in [0.05, 0.1) is 13.7 Å². The van der Waals surface area contributed by atoms with Crippen LogP contribution in [0.5, 0.6) is 11.6 Å². The summed E-state index contributed by atoms with van der Waals surface area (Å²) >= 11 is 5.86. The molecule has 2 aromatic carbocycles. The van der Waals surface area contributed by atoms with E-state index >= 15 is 0 Å². The maximum atomic E-state index is 14.3. The highest BCUT2D eigenvalue weighted by Crippen LogP contribution is 2.41. The molecule has 1 fully saturated rings. The summed E-state index contributed by atoms with van der Waals surface area (Å²) in [5.41, 5.74) is 5.71. The van der Waals surface area contributed by atoms with E-state index in [4.69, 9.17) is 21.1 Å². The third-order valence-corrected chi connectivity index (χ3v) is 8.61. The minimum Gasteiger partial charge on any atom is -0.489 e. The van der Waals surface area contributed by atoms with Gasteiger partial charge in [-0.3, -0.25) is 4.79 Å². The fourth-order valence-electron chi connectivity index (χ4n) is 5.80. The lowest BCUT2D eigenvalue weighted by Gasteiger charge is -2.37. The first-order valence-corrected chi connectivity index (χ1v) is 15.1. The summed E-state index contributed by atoms with van der Waals surface area (Å²) in [6.07, 6.45) is 5.03. The van der Waals surface area contributed by atoms with Gasteiger partial charge in [-0.15, -0.1) is 0 Å². The number of hydrogen-bond donors (Lipinski definition) is 1. The van der Waals surface area contributed by atoms with E-state index in [-0.39, 0.29) is 34.7 Å². The molecule has 3 aromatic rings. The lowest BCUT2D eigenvalue weighted by molar-refractivity contribution is -0.128. The number of hydrogen-bond acceptors (Lipinski definition) is 5. The third-order valence-electron chi connectivity index (χ3n) is 8.26. The van der Waals surface area contributed by atoms with E-state index in [1.165, 1.54) is 0 Å². The van der Waals surface area contributed by atoms with Gasteiger partial charge in [-0.05, 0) is 73.1 Å². The van der Waals surface area contributed by atoms with Crippen LogP contribution < -0.4 is 14.8 Å². The van der Waals surface area contributed by atoms with E-state index in [2.05, 4.69) is 48.4 Å². The quantitative estimate of drug-likeness (QED) is 0.189. The van der Waals surface area contributed by atoms with Crippen LogP contribution in [0.15, 0.2) is 54.2 Å². The molecule has 0 radical (unpaired) electrons. The molecule has 1 amide bonds. The van der Waals surface area contributed by atoms with Gasteiger partial charge in [-0.25, -0.2) is 13.8 Å². The molecule has 0 spiro atoms. The zero-order chi connectivity index (χ0) is 30.7. The van der Waals surface area contributed by atoms with Crippen LogP contribution in [-0.4, -0.2) is 48.6 Å². The van der Waals surface area contributed by atoms with Crippen molar-refractivity contribution in [2.24, 2.45) is 5.41 Å². The van der Waals surface area contributed by atoms with E-state index < -0.39 is 11.6 Å². The SMILES string of the molecule is COc1nccc(CN(C(=O)C2=C(c3ccc(CCCOc4c(F)ccc(F)c4Cl)cc3)C(C)(C)CNC2)C2CC2)c1C. The van der Waals surface area contributed by atoms with E-state index in [1.807, 2.05) is 17.9 Å². The highest BCUT2D eigenvalue weighted by molar-refractivity contribution is 6.32. The molecule has 2 aliphatic rings. The number of aromatic nitrogens is 1. The van der Waals surface area contributed by atoms with Crippen molar-refractivity contribution in [3.63, 3.8) is 0 Å². The summed E-state index contributed by atoms with van der Waals surface area (Å²) in [5.74, 6) is -1.01. The van der Waals surface area contributed by atoms with Crippen molar-refractivity contribution in [3.8, 4) is 11.6 Å². The summed E-state index contributed by atoms with van der Waals surface area (Å²) in [4.78, 5) is 20.6. The molecule has 1 N–H and O–H groups in total. The Kier molecular flexibility index (Phi) is 9.37. The first-order chi connectivity index (χ1) is 20.6. The lowest BCUT2D eigenvalue weighted by Crippen LogP contribution is -2.44. The van der Waals surface area contributed by atoms with Gasteiger partial charge in [0.25, 0.3) is 5.91 Å². The first kappa shape index (κ1) is 31.0. The smallest absolute Gasteiger partial charge is 0.251 e. The topological polar surface area (TPSA) is 63.7 Å². The number of nitrogens with zero attached hydrogens (tertiary/aromatic N) is 2. The molecule has 5 rings (SSSR count). The number of amides is 1. The van der Waals surface area contributed by atoms with Gasteiger partial charge in [0.2, 0.25) is 5.88 Å². The van der Waals surface area contributed by atoms with Crippen LogP contribution >= 0.6 is 11.6 Å². The van der Waals surface area contributed by atoms with Gasteiger partial charge >= 0.3 is 0 Å². The Balaban J connectivity index is 1.33. The summed E-state index contributed by atoms with van der Waals surface area (Å²) < 4.78 is 38.5. The van der Waals surface area contributed by atoms with E-state index in [1.54, 1.807) is 13.3 Å². The van der Waals surface area contributed by atoms with Crippen LogP contribution in [0.2, 0.25) is 5.02 Å². The molecule has 43 heavy (non-hydrogen) atoms. The zero-order valence-corrected chi connectivity index (χ0v) is 25.9. The molecule has 1 aromatic heterocycles. The average Bonchev–Trinajstić information content (AvgIpc) is 3.83. The predicted octanol–water partition coefficient (Wildman–Crippen LogP) is 6.92. The summed E-state index contributed by atoms with van der Waals surface area (Å²) in [5, 5.41) is 3.13. The minimum absolute atomic E-state index is 0.0671. The molecule has 0 atom stereocenters. The Morgan fingerprint density at radius 2 is 1.84 bits per heavy atom. The van der Waals surface area contributed by atoms with Gasteiger partial charge in [0.1, 0.15) is 10.8 Å². The second kappa shape index (κ2) is 13.0. The van der Waals surface area contributed by atoms with Crippen molar-refractivity contribution in [1.29, 1.82) is 0 Å². The number of benzene rings is 2. The van der Waals surface area contributed by atoms with Crippen LogP contribution in [0.25, 0.3) is 5.57 Å². The van der Waals surface area contributed by atoms with E-state index in [9.17, 15) is 13.6 Å². The Morgan fingerprint density at radius 3 is 2.53 bits per heavy atom. The fourth-order valence-corrected chi connectivity index (χ4v) is 6.01. The number of halogens is 3. The Bertz CT molecular complexity index is 1520. The van der Waals surface area contributed by atoms with Gasteiger partial charge in [-0.1, -0.05) is 49.7 Å². The molecule has 1 aliphatic carbocycles. The lowest BCUT2D eigenvalue weighted by atomic mass is 9.75. The van der Waals surface area contributed by atoms with Crippen molar-refractivity contribution in [2.75, 3.05) is 26.8 Å². The number of methoxy groups -OCH3 is 1. The monoisotopic (exact) mass is 609 g/mol. The minimum atomic E-state index is -0.713. The second-order valence-corrected chi connectivity index (χ2v) is 12.3. The Labute approximate surface area is 257 Å². The van der Waals surface area contributed by atoms with Crippen molar-refractivity contribution in [3.05, 3.63) is 93.1 Å². The average molecular weight is 610 g/mol. The van der Waals surface area contributed by atoms with Gasteiger partial charge in [0, 0.05) is 48.4 Å². The summed E-state index contributed by atoms with van der Waals surface area (Å²) in [6.45, 7) is 8.31. The van der Waals surface area contributed by atoms with Crippen molar-refractivity contribution in [2.45, 2.75) is 59.0 Å². The molecule has 0 unspecified atom stereocenters. The number of aryl methyl sites for hydroxylation is 1. The van der Waals surface area contributed by atoms with Crippen LogP contribution in [0.4, 0.5) is 8.78 Å². The number of ether oxygens (including phenoxy) is 2. The maximum Gasteiger partial charge on any atom is 0.251 e. The number of pyridine rings is 1. The molecule has 1 saturated carbocycles. The summed E-state index contributed by atoms with van der Waals surface area (Å²) in [7, 11) is 1.61. The van der Waals surface area contributed by atoms with Crippen molar-refractivity contribution < 1.29 is 23.0 Å². The number of nitrogens with one attached hydrogen (secondary N) is 1. The van der Waals surface area contributed by atoms with Crippen molar-refractivity contribution >= 4 is 23.1 Å². The van der Waals surface area contributed by atoms with Crippen LogP contribution in [-0.2, 0) is 17.8 Å². The second-order valence-electron chi connectivity index (χ2n) is 11.9. The van der Waals surface area contributed by atoms with Crippen LogP contribution in [0.1, 0.15) is 55.4 Å².